The highest BCUT2D eigenvalue weighted by Crippen LogP contribution is 2.38. The van der Waals surface area contributed by atoms with Gasteiger partial charge >= 0.3 is 0 Å². The zero-order valence-electron chi connectivity index (χ0n) is 9.49. The SMILES string of the molecule is CC(C)C(=O)CCC1Cc2ccccc21. The van der Waals surface area contributed by atoms with Crippen LogP contribution in [-0.4, -0.2) is 5.78 Å². The normalized spacial score (nSPS) is 18.5. The van der Waals surface area contributed by atoms with Crippen LogP contribution in [0.1, 0.15) is 43.7 Å². The van der Waals surface area contributed by atoms with Gasteiger partial charge in [0.05, 0.1) is 0 Å². The van der Waals surface area contributed by atoms with Gasteiger partial charge in [-0.3, -0.25) is 4.79 Å². The van der Waals surface area contributed by atoms with Crippen molar-refractivity contribution in [3.05, 3.63) is 35.4 Å². The molecule has 0 aromatic heterocycles. The molecule has 1 aromatic rings. The van der Waals surface area contributed by atoms with Crippen molar-refractivity contribution in [1.82, 2.24) is 0 Å². The quantitative estimate of drug-likeness (QED) is 0.732. The molecule has 2 rings (SSSR count). The summed E-state index contributed by atoms with van der Waals surface area (Å²) < 4.78 is 0. The number of hydrogen-bond acceptors (Lipinski definition) is 1. The third-order valence-electron chi connectivity index (χ3n) is 3.34. The van der Waals surface area contributed by atoms with Gasteiger partial charge in [-0.15, -0.1) is 0 Å². The molecule has 1 unspecified atom stereocenters. The standard InChI is InChI=1S/C14H18O/c1-10(2)14(15)8-7-12-9-11-5-3-4-6-13(11)12/h3-6,10,12H,7-9H2,1-2H3. The van der Waals surface area contributed by atoms with Crippen molar-refractivity contribution in [2.24, 2.45) is 5.92 Å². The number of carbonyl (C=O) groups excluding carboxylic acids is 1. The molecule has 0 fully saturated rings. The predicted molar refractivity (Wildman–Crippen MR) is 62.0 cm³/mol. The molecule has 0 N–H and O–H groups in total. The van der Waals surface area contributed by atoms with Crippen molar-refractivity contribution in [2.45, 2.75) is 39.0 Å². The zero-order valence-corrected chi connectivity index (χ0v) is 9.49. The maximum atomic E-state index is 11.5. The molecular weight excluding hydrogens is 184 g/mol. The summed E-state index contributed by atoms with van der Waals surface area (Å²) in [6.45, 7) is 3.97. The van der Waals surface area contributed by atoms with Gasteiger partial charge < -0.3 is 0 Å². The molecule has 0 aliphatic heterocycles. The van der Waals surface area contributed by atoms with E-state index in [2.05, 4.69) is 24.3 Å². The van der Waals surface area contributed by atoms with E-state index in [-0.39, 0.29) is 5.92 Å². The average molecular weight is 202 g/mol. The molecule has 1 atom stereocenters. The molecule has 1 aliphatic carbocycles. The van der Waals surface area contributed by atoms with E-state index in [1.165, 1.54) is 17.5 Å². The lowest BCUT2D eigenvalue weighted by atomic mass is 9.75. The maximum absolute atomic E-state index is 11.5. The van der Waals surface area contributed by atoms with Crippen molar-refractivity contribution >= 4 is 5.78 Å². The summed E-state index contributed by atoms with van der Waals surface area (Å²) in [5.41, 5.74) is 2.94. The largest absolute Gasteiger partial charge is 0.299 e. The molecule has 0 radical (unpaired) electrons. The lowest BCUT2D eigenvalue weighted by Crippen LogP contribution is -2.18. The van der Waals surface area contributed by atoms with Crippen LogP contribution in [-0.2, 0) is 11.2 Å². The lowest BCUT2D eigenvalue weighted by molar-refractivity contribution is -0.122. The Morgan fingerprint density at radius 1 is 1.40 bits per heavy atom. The number of ketones is 1. The van der Waals surface area contributed by atoms with E-state index in [9.17, 15) is 4.79 Å². The van der Waals surface area contributed by atoms with Crippen LogP contribution < -0.4 is 0 Å². The Labute approximate surface area is 91.5 Å². The van der Waals surface area contributed by atoms with Crippen molar-refractivity contribution in [1.29, 1.82) is 0 Å². The Morgan fingerprint density at radius 2 is 2.13 bits per heavy atom. The minimum absolute atomic E-state index is 0.195. The molecule has 1 aliphatic rings. The van der Waals surface area contributed by atoms with E-state index in [1.807, 2.05) is 13.8 Å². The minimum atomic E-state index is 0.195. The zero-order chi connectivity index (χ0) is 10.8. The second-order valence-electron chi connectivity index (χ2n) is 4.76. The number of hydrogen-bond donors (Lipinski definition) is 0. The molecule has 15 heavy (non-hydrogen) atoms. The molecule has 0 saturated carbocycles. The molecule has 0 spiro atoms. The molecule has 80 valence electrons. The van der Waals surface area contributed by atoms with Gasteiger partial charge in [-0.05, 0) is 29.9 Å². The van der Waals surface area contributed by atoms with E-state index >= 15 is 0 Å². The fraction of sp³-hybridized carbons (Fsp3) is 0.500. The lowest BCUT2D eigenvalue weighted by Gasteiger charge is -2.30. The van der Waals surface area contributed by atoms with Gasteiger partial charge in [0.25, 0.3) is 0 Å². The van der Waals surface area contributed by atoms with Crippen LogP contribution in [0.15, 0.2) is 24.3 Å². The highest BCUT2D eigenvalue weighted by molar-refractivity contribution is 5.80. The Kier molecular flexibility index (Phi) is 2.90. The minimum Gasteiger partial charge on any atom is -0.299 e. The van der Waals surface area contributed by atoms with Gasteiger partial charge in [-0.25, -0.2) is 0 Å². The van der Waals surface area contributed by atoms with E-state index in [4.69, 9.17) is 0 Å². The predicted octanol–water partition coefficient (Wildman–Crippen LogP) is 3.33. The van der Waals surface area contributed by atoms with Crippen LogP contribution in [0.25, 0.3) is 0 Å². The third kappa shape index (κ3) is 2.11. The molecule has 1 nitrogen and oxygen atoms in total. The number of benzene rings is 1. The van der Waals surface area contributed by atoms with E-state index in [1.54, 1.807) is 0 Å². The molecular formula is C14H18O. The van der Waals surface area contributed by atoms with Crippen LogP contribution in [0, 0.1) is 5.92 Å². The van der Waals surface area contributed by atoms with Crippen molar-refractivity contribution in [3.8, 4) is 0 Å². The van der Waals surface area contributed by atoms with E-state index in [0.717, 1.165) is 12.8 Å². The summed E-state index contributed by atoms with van der Waals surface area (Å²) in [4.78, 5) is 11.5. The Morgan fingerprint density at radius 3 is 2.80 bits per heavy atom. The smallest absolute Gasteiger partial charge is 0.135 e. The van der Waals surface area contributed by atoms with Crippen molar-refractivity contribution in [2.75, 3.05) is 0 Å². The highest BCUT2D eigenvalue weighted by atomic mass is 16.1. The maximum Gasteiger partial charge on any atom is 0.135 e. The van der Waals surface area contributed by atoms with Crippen LogP contribution in [0.2, 0.25) is 0 Å². The molecule has 0 amide bonds. The topological polar surface area (TPSA) is 17.1 Å². The summed E-state index contributed by atoms with van der Waals surface area (Å²) in [6.07, 6.45) is 2.95. The van der Waals surface area contributed by atoms with Gasteiger partial charge in [-0.2, -0.15) is 0 Å². The van der Waals surface area contributed by atoms with Crippen LogP contribution in [0.5, 0.6) is 0 Å². The summed E-state index contributed by atoms with van der Waals surface area (Å²) in [6, 6.07) is 8.57. The Bertz CT molecular complexity index is 365. The van der Waals surface area contributed by atoms with Gasteiger partial charge in [0.1, 0.15) is 5.78 Å². The molecule has 0 bridgehead atoms. The van der Waals surface area contributed by atoms with Crippen molar-refractivity contribution in [3.63, 3.8) is 0 Å². The molecule has 0 saturated heterocycles. The third-order valence-corrected chi connectivity index (χ3v) is 3.34. The monoisotopic (exact) mass is 202 g/mol. The van der Waals surface area contributed by atoms with Gasteiger partial charge in [0.2, 0.25) is 0 Å². The van der Waals surface area contributed by atoms with Gasteiger partial charge in [0, 0.05) is 12.3 Å². The summed E-state index contributed by atoms with van der Waals surface area (Å²) >= 11 is 0. The fourth-order valence-electron chi connectivity index (χ4n) is 2.23. The highest BCUT2D eigenvalue weighted by Gasteiger charge is 2.25. The van der Waals surface area contributed by atoms with Crippen LogP contribution in [0.3, 0.4) is 0 Å². The fourth-order valence-corrected chi connectivity index (χ4v) is 2.23. The van der Waals surface area contributed by atoms with Gasteiger partial charge in [-0.1, -0.05) is 38.1 Å². The number of Topliss-reactive ketones (excluding diaryl/α,β-unsaturated/α-hetero) is 1. The summed E-state index contributed by atoms with van der Waals surface area (Å²) in [5.74, 6) is 1.24. The van der Waals surface area contributed by atoms with Crippen molar-refractivity contribution < 1.29 is 4.79 Å². The Hall–Kier alpha value is -1.11. The molecule has 1 aromatic carbocycles. The summed E-state index contributed by atoms with van der Waals surface area (Å²) in [7, 11) is 0. The van der Waals surface area contributed by atoms with E-state index in [0.29, 0.717) is 11.7 Å². The van der Waals surface area contributed by atoms with Gasteiger partial charge in [0.15, 0.2) is 0 Å². The first-order chi connectivity index (χ1) is 7.18. The summed E-state index contributed by atoms with van der Waals surface area (Å²) in [5, 5.41) is 0. The van der Waals surface area contributed by atoms with Crippen LogP contribution >= 0.6 is 0 Å². The second kappa shape index (κ2) is 4.18. The Balaban J connectivity index is 1.88. The first-order valence-corrected chi connectivity index (χ1v) is 5.79. The molecule has 0 heterocycles. The van der Waals surface area contributed by atoms with Crippen LogP contribution in [0.4, 0.5) is 0 Å². The number of fused-ring (bicyclic) bond motifs is 1. The molecule has 1 heteroatoms. The average Bonchev–Trinajstić information content (AvgIpc) is 2.19. The number of carbonyl (C=O) groups is 1. The first kappa shape index (κ1) is 10.4. The van der Waals surface area contributed by atoms with E-state index < -0.39 is 0 Å². The first-order valence-electron chi connectivity index (χ1n) is 5.79. The second-order valence-corrected chi connectivity index (χ2v) is 4.76. The number of rotatable bonds is 4.